The molecule has 9 heteroatoms. The number of nitrogens with zero attached hydrogens (tertiary/aromatic N) is 2. The molecule has 8 nitrogen and oxygen atoms in total. The van der Waals surface area contributed by atoms with E-state index in [0.717, 1.165) is 18.4 Å². The zero-order valence-corrected chi connectivity index (χ0v) is 18.9. The van der Waals surface area contributed by atoms with E-state index in [1.165, 1.54) is 10.6 Å². The fraction of sp³-hybridized carbons (Fsp3) is 0.455. The van der Waals surface area contributed by atoms with Gasteiger partial charge in [0.25, 0.3) is 5.91 Å². The number of hydrogen-bond acceptors (Lipinski definition) is 5. The van der Waals surface area contributed by atoms with E-state index in [-0.39, 0.29) is 35.1 Å². The summed E-state index contributed by atoms with van der Waals surface area (Å²) in [5.74, 6) is -0.285. The molecule has 2 aromatic rings. The maximum atomic E-state index is 12.8. The van der Waals surface area contributed by atoms with Gasteiger partial charge in [0.1, 0.15) is 6.04 Å². The standard InChI is InChI=1S/C22H29N3O5S/c1-16(2)24(3)31(28,29)18-11-9-17(10-12-18)15-23-21(26)19-7-4-5-13-25(19)22(27)20-8-6-14-30-20/h6,8-12,14,16,19H,4-5,7,13,15H2,1-3H3,(H,23,26). The van der Waals surface area contributed by atoms with Crippen LogP contribution in [0.3, 0.4) is 0 Å². The van der Waals surface area contributed by atoms with E-state index in [1.54, 1.807) is 48.3 Å². The molecule has 0 spiro atoms. The second-order valence-corrected chi connectivity index (χ2v) is 9.96. The van der Waals surface area contributed by atoms with Gasteiger partial charge in [-0.15, -0.1) is 0 Å². The highest BCUT2D eigenvalue weighted by atomic mass is 32.2. The largest absolute Gasteiger partial charge is 0.459 e. The first-order chi connectivity index (χ1) is 14.7. The third-order valence-electron chi connectivity index (χ3n) is 5.59. The summed E-state index contributed by atoms with van der Waals surface area (Å²) in [6, 6.07) is 9.01. The first kappa shape index (κ1) is 23.0. The summed E-state index contributed by atoms with van der Waals surface area (Å²) in [5, 5.41) is 2.87. The zero-order valence-electron chi connectivity index (χ0n) is 18.1. The van der Waals surface area contributed by atoms with Gasteiger partial charge in [0.2, 0.25) is 15.9 Å². The van der Waals surface area contributed by atoms with Crippen molar-refractivity contribution in [1.82, 2.24) is 14.5 Å². The average Bonchev–Trinajstić information content (AvgIpc) is 3.31. The Bertz CT molecular complexity index is 1000. The van der Waals surface area contributed by atoms with Crippen molar-refractivity contribution in [2.45, 2.75) is 56.6 Å². The summed E-state index contributed by atoms with van der Waals surface area (Å²) in [5.41, 5.74) is 0.777. The Labute approximate surface area is 183 Å². The molecule has 1 aromatic carbocycles. The third-order valence-corrected chi connectivity index (χ3v) is 7.64. The van der Waals surface area contributed by atoms with Crippen LogP contribution in [0.2, 0.25) is 0 Å². The second-order valence-electron chi connectivity index (χ2n) is 7.96. The summed E-state index contributed by atoms with van der Waals surface area (Å²) >= 11 is 0. The molecule has 2 amide bonds. The van der Waals surface area contributed by atoms with Crippen molar-refractivity contribution in [3.8, 4) is 0 Å². The molecule has 0 aliphatic carbocycles. The SMILES string of the molecule is CC(C)N(C)S(=O)(=O)c1ccc(CNC(=O)C2CCCCN2C(=O)c2ccco2)cc1. The normalized spacial score (nSPS) is 17.2. The summed E-state index contributed by atoms with van der Waals surface area (Å²) < 4.78 is 31.6. The van der Waals surface area contributed by atoms with E-state index < -0.39 is 16.1 Å². The first-order valence-corrected chi connectivity index (χ1v) is 11.8. The molecule has 1 unspecified atom stereocenters. The Hall–Kier alpha value is -2.65. The van der Waals surface area contributed by atoms with Gasteiger partial charge in [-0.1, -0.05) is 12.1 Å². The first-order valence-electron chi connectivity index (χ1n) is 10.4. The molecule has 2 heterocycles. The van der Waals surface area contributed by atoms with E-state index >= 15 is 0 Å². The van der Waals surface area contributed by atoms with Gasteiger partial charge in [-0.3, -0.25) is 9.59 Å². The lowest BCUT2D eigenvalue weighted by Gasteiger charge is -2.34. The van der Waals surface area contributed by atoms with Crippen LogP contribution >= 0.6 is 0 Å². The van der Waals surface area contributed by atoms with Crippen molar-refractivity contribution in [1.29, 1.82) is 0 Å². The fourth-order valence-corrected chi connectivity index (χ4v) is 4.89. The molecule has 1 aliphatic rings. The minimum absolute atomic E-state index is 0.147. The minimum atomic E-state index is -3.55. The van der Waals surface area contributed by atoms with E-state index in [2.05, 4.69) is 5.32 Å². The third kappa shape index (κ3) is 5.16. The van der Waals surface area contributed by atoms with Crippen molar-refractivity contribution in [3.63, 3.8) is 0 Å². The smallest absolute Gasteiger partial charge is 0.290 e. The van der Waals surface area contributed by atoms with Crippen molar-refractivity contribution in [3.05, 3.63) is 54.0 Å². The monoisotopic (exact) mass is 447 g/mol. The fourth-order valence-electron chi connectivity index (χ4n) is 3.52. The van der Waals surface area contributed by atoms with Gasteiger partial charge in [-0.2, -0.15) is 4.31 Å². The van der Waals surface area contributed by atoms with Gasteiger partial charge in [0, 0.05) is 26.2 Å². The molecule has 0 saturated carbocycles. The number of likely N-dealkylation sites (tertiary alicyclic amines) is 1. The number of carbonyl (C=O) groups is 2. The summed E-state index contributed by atoms with van der Waals surface area (Å²) in [4.78, 5) is 27.3. The Morgan fingerprint density at radius 1 is 1.19 bits per heavy atom. The predicted molar refractivity (Wildman–Crippen MR) is 116 cm³/mol. The quantitative estimate of drug-likeness (QED) is 0.703. The van der Waals surface area contributed by atoms with Crippen LogP contribution in [0.25, 0.3) is 0 Å². The predicted octanol–water partition coefficient (Wildman–Crippen LogP) is 2.62. The van der Waals surface area contributed by atoms with Crippen LogP contribution in [0, 0.1) is 0 Å². The lowest BCUT2D eigenvalue weighted by atomic mass is 10.0. The molecule has 31 heavy (non-hydrogen) atoms. The minimum Gasteiger partial charge on any atom is -0.459 e. The highest BCUT2D eigenvalue weighted by molar-refractivity contribution is 7.89. The molecule has 1 atom stereocenters. The average molecular weight is 448 g/mol. The van der Waals surface area contributed by atoms with Crippen LogP contribution in [0.4, 0.5) is 0 Å². The highest BCUT2D eigenvalue weighted by Crippen LogP contribution is 2.21. The molecule has 1 N–H and O–H groups in total. The van der Waals surface area contributed by atoms with Crippen molar-refractivity contribution < 1.29 is 22.4 Å². The Kier molecular flexibility index (Phi) is 7.17. The topological polar surface area (TPSA) is 99.9 Å². The van der Waals surface area contributed by atoms with E-state index in [4.69, 9.17) is 4.42 Å². The number of sulfonamides is 1. The Morgan fingerprint density at radius 2 is 1.90 bits per heavy atom. The summed E-state index contributed by atoms with van der Waals surface area (Å²) in [6.07, 6.45) is 3.75. The molecule has 168 valence electrons. The zero-order chi connectivity index (χ0) is 22.6. The molecule has 1 aromatic heterocycles. The Morgan fingerprint density at radius 3 is 2.52 bits per heavy atom. The number of furan rings is 1. The molecule has 1 saturated heterocycles. The number of piperidine rings is 1. The number of carbonyl (C=O) groups excluding carboxylic acids is 2. The van der Waals surface area contributed by atoms with Gasteiger partial charge < -0.3 is 14.6 Å². The number of amides is 2. The lowest BCUT2D eigenvalue weighted by Crippen LogP contribution is -2.51. The van der Waals surface area contributed by atoms with E-state index in [0.29, 0.717) is 13.0 Å². The summed E-state index contributed by atoms with van der Waals surface area (Å²) in [6.45, 7) is 4.38. The maximum Gasteiger partial charge on any atom is 0.290 e. The molecular weight excluding hydrogens is 418 g/mol. The van der Waals surface area contributed by atoms with Crippen LogP contribution in [0.15, 0.2) is 52.0 Å². The van der Waals surface area contributed by atoms with Crippen LogP contribution in [-0.2, 0) is 21.4 Å². The van der Waals surface area contributed by atoms with Crippen molar-refractivity contribution in [2.24, 2.45) is 0 Å². The number of benzene rings is 1. The molecule has 0 bridgehead atoms. The van der Waals surface area contributed by atoms with Crippen LogP contribution in [0.5, 0.6) is 0 Å². The molecule has 1 aliphatic heterocycles. The van der Waals surface area contributed by atoms with Crippen LogP contribution in [-0.4, -0.2) is 55.1 Å². The molecular formula is C22H29N3O5S. The number of nitrogens with one attached hydrogen (secondary N) is 1. The molecule has 0 radical (unpaired) electrons. The van der Waals surface area contributed by atoms with Gasteiger partial charge in [0.15, 0.2) is 5.76 Å². The Balaban J connectivity index is 1.64. The molecule has 1 fully saturated rings. The number of hydrogen-bond donors (Lipinski definition) is 1. The number of rotatable bonds is 7. The molecule has 3 rings (SSSR count). The van der Waals surface area contributed by atoms with E-state index in [1.807, 2.05) is 13.8 Å². The van der Waals surface area contributed by atoms with Crippen LogP contribution < -0.4 is 5.32 Å². The lowest BCUT2D eigenvalue weighted by molar-refractivity contribution is -0.126. The van der Waals surface area contributed by atoms with Gasteiger partial charge in [-0.05, 0) is 62.9 Å². The highest BCUT2D eigenvalue weighted by Gasteiger charge is 2.33. The van der Waals surface area contributed by atoms with Crippen molar-refractivity contribution in [2.75, 3.05) is 13.6 Å². The van der Waals surface area contributed by atoms with Gasteiger partial charge in [0.05, 0.1) is 11.2 Å². The summed E-state index contributed by atoms with van der Waals surface area (Å²) in [7, 11) is -2.00. The van der Waals surface area contributed by atoms with Gasteiger partial charge >= 0.3 is 0 Å². The van der Waals surface area contributed by atoms with Crippen LogP contribution in [0.1, 0.15) is 49.2 Å². The van der Waals surface area contributed by atoms with E-state index in [9.17, 15) is 18.0 Å². The van der Waals surface area contributed by atoms with Gasteiger partial charge in [-0.25, -0.2) is 8.42 Å². The second kappa shape index (κ2) is 9.65. The maximum absolute atomic E-state index is 12.8. The van der Waals surface area contributed by atoms with Crippen molar-refractivity contribution >= 4 is 21.8 Å².